The van der Waals surface area contributed by atoms with E-state index in [-0.39, 0.29) is 11.9 Å². The van der Waals surface area contributed by atoms with Crippen LogP contribution in [0.1, 0.15) is 18.3 Å². The highest BCUT2D eigenvalue weighted by Gasteiger charge is 2.21. The number of fused-ring (bicyclic) bond motifs is 3. The van der Waals surface area contributed by atoms with Gasteiger partial charge in [-0.2, -0.15) is 0 Å². The van der Waals surface area contributed by atoms with Crippen LogP contribution in [-0.2, 0) is 9.47 Å². The number of rotatable bonds is 2. The average Bonchev–Trinajstić information content (AvgIpc) is 2.61. The summed E-state index contributed by atoms with van der Waals surface area (Å²) >= 11 is 0. The second kappa shape index (κ2) is 5.90. The average molecular weight is 309 g/mol. The fourth-order valence-corrected chi connectivity index (χ4v) is 3.02. The van der Waals surface area contributed by atoms with Gasteiger partial charge in [-0.05, 0) is 23.9 Å². The molecule has 1 fully saturated rings. The minimum Gasteiger partial charge on any atom is -0.422 e. The van der Waals surface area contributed by atoms with Crippen LogP contribution < -0.4 is 5.59 Å². The summed E-state index contributed by atoms with van der Waals surface area (Å²) in [6.45, 7) is 1.38. The van der Waals surface area contributed by atoms with Gasteiger partial charge in [0.05, 0.1) is 24.3 Å². The van der Waals surface area contributed by atoms with Gasteiger partial charge in [0.15, 0.2) is 6.29 Å². The van der Waals surface area contributed by atoms with Crippen LogP contribution in [0.15, 0.2) is 42.5 Å². The maximum Gasteiger partial charge on any atom is 0.508 e. The molecule has 1 aliphatic rings. The highest BCUT2D eigenvalue weighted by molar-refractivity contribution is 6.61. The first-order valence-corrected chi connectivity index (χ1v) is 7.66. The summed E-state index contributed by atoms with van der Waals surface area (Å²) in [5.41, 5.74) is 1.93. The second-order valence-corrected chi connectivity index (χ2v) is 5.62. The summed E-state index contributed by atoms with van der Waals surface area (Å²) in [7, 11) is -1.60. The van der Waals surface area contributed by atoms with Crippen molar-refractivity contribution in [1.29, 1.82) is 0 Å². The monoisotopic (exact) mass is 309 g/mol. The molecule has 0 saturated carbocycles. The van der Waals surface area contributed by atoms with Crippen LogP contribution in [0, 0.1) is 0 Å². The van der Waals surface area contributed by atoms with Crippen molar-refractivity contribution in [2.45, 2.75) is 12.7 Å². The molecule has 116 valence electrons. The van der Waals surface area contributed by atoms with Crippen LogP contribution in [0.5, 0.6) is 0 Å². The number of benzene rings is 2. The van der Waals surface area contributed by atoms with Crippen LogP contribution in [-0.4, -0.2) is 35.4 Å². The van der Waals surface area contributed by atoms with Crippen LogP contribution in [0.4, 0.5) is 0 Å². The van der Waals surface area contributed by atoms with Crippen LogP contribution >= 0.6 is 0 Å². The number of hydrogen-bond donors (Lipinski definition) is 2. The quantitative estimate of drug-likeness (QED) is 0.554. The lowest BCUT2D eigenvalue weighted by molar-refractivity contribution is -0.182. The van der Waals surface area contributed by atoms with Gasteiger partial charge < -0.3 is 19.5 Å². The fraction of sp³-hybridized carbons (Fsp3) is 0.235. The van der Waals surface area contributed by atoms with E-state index in [2.05, 4.69) is 4.98 Å². The van der Waals surface area contributed by atoms with Gasteiger partial charge in [0.2, 0.25) is 0 Å². The molecule has 6 heteroatoms. The summed E-state index contributed by atoms with van der Waals surface area (Å²) in [5.74, 6) is 0. The summed E-state index contributed by atoms with van der Waals surface area (Å²) in [4.78, 5) is 4.41. The Bertz CT molecular complexity index is 862. The third kappa shape index (κ3) is 2.60. The van der Waals surface area contributed by atoms with Crippen molar-refractivity contribution in [1.82, 2.24) is 4.98 Å². The maximum absolute atomic E-state index is 9.59. The van der Waals surface area contributed by atoms with E-state index in [1.54, 1.807) is 0 Å². The standard InChI is InChI=1S/C17H16BNO4/c20-18(21)16-13-5-2-1-4-12(13)14-10-11(6-7-15(14)19-16)17-22-8-3-9-23-17/h1-2,4-7,10,17,20-21H,3,8-9H2. The summed E-state index contributed by atoms with van der Waals surface area (Å²) < 4.78 is 11.3. The van der Waals surface area contributed by atoms with Gasteiger partial charge in [-0.1, -0.05) is 30.3 Å². The molecule has 23 heavy (non-hydrogen) atoms. The molecule has 0 radical (unpaired) electrons. The highest BCUT2D eigenvalue weighted by Crippen LogP contribution is 2.29. The molecule has 1 aromatic heterocycles. The van der Waals surface area contributed by atoms with E-state index in [0.29, 0.717) is 18.7 Å². The molecule has 2 N–H and O–H groups in total. The minimum absolute atomic E-state index is 0.269. The Morgan fingerprint density at radius 1 is 0.957 bits per heavy atom. The van der Waals surface area contributed by atoms with Crippen molar-refractivity contribution in [3.63, 3.8) is 0 Å². The molecule has 1 saturated heterocycles. The first kappa shape index (κ1) is 14.6. The van der Waals surface area contributed by atoms with Crippen LogP contribution in [0.2, 0.25) is 0 Å². The second-order valence-electron chi connectivity index (χ2n) is 5.62. The highest BCUT2D eigenvalue weighted by atomic mass is 16.7. The van der Waals surface area contributed by atoms with Crippen molar-refractivity contribution < 1.29 is 19.5 Å². The summed E-state index contributed by atoms with van der Waals surface area (Å²) in [6.07, 6.45) is 0.557. The largest absolute Gasteiger partial charge is 0.508 e. The molecule has 3 aromatic rings. The van der Waals surface area contributed by atoms with E-state index in [9.17, 15) is 10.0 Å². The molecule has 0 unspecified atom stereocenters. The zero-order valence-corrected chi connectivity index (χ0v) is 12.5. The smallest absolute Gasteiger partial charge is 0.422 e. The predicted molar refractivity (Wildman–Crippen MR) is 88.3 cm³/mol. The summed E-state index contributed by atoms with van der Waals surface area (Å²) in [5, 5.41) is 21.8. The molecular formula is C17H16BNO4. The van der Waals surface area contributed by atoms with Crippen molar-refractivity contribution in [2.24, 2.45) is 0 Å². The lowest BCUT2D eigenvalue weighted by Gasteiger charge is -2.23. The summed E-state index contributed by atoms with van der Waals surface area (Å²) in [6, 6.07) is 13.4. The number of ether oxygens (including phenoxy) is 2. The lowest BCUT2D eigenvalue weighted by atomic mass is 9.81. The molecule has 0 amide bonds. The van der Waals surface area contributed by atoms with Gasteiger partial charge in [-0.15, -0.1) is 0 Å². The topological polar surface area (TPSA) is 71.8 Å². The van der Waals surface area contributed by atoms with Crippen molar-refractivity contribution in [2.75, 3.05) is 13.2 Å². The molecule has 2 heterocycles. The number of hydrogen-bond acceptors (Lipinski definition) is 5. The number of aromatic nitrogens is 1. The van der Waals surface area contributed by atoms with Crippen molar-refractivity contribution in [3.05, 3.63) is 48.0 Å². The zero-order valence-electron chi connectivity index (χ0n) is 12.5. The molecule has 0 atom stereocenters. The van der Waals surface area contributed by atoms with Gasteiger partial charge in [0.25, 0.3) is 0 Å². The Hall–Kier alpha value is -1.99. The third-order valence-corrected chi connectivity index (χ3v) is 4.10. The lowest BCUT2D eigenvalue weighted by Crippen LogP contribution is -2.33. The van der Waals surface area contributed by atoms with E-state index in [1.165, 1.54) is 0 Å². The Morgan fingerprint density at radius 3 is 2.43 bits per heavy atom. The minimum atomic E-state index is -1.60. The van der Waals surface area contributed by atoms with Gasteiger partial charge >= 0.3 is 7.12 Å². The fourth-order valence-electron chi connectivity index (χ4n) is 3.02. The Balaban J connectivity index is 1.93. The normalized spacial score (nSPS) is 16.1. The Kier molecular flexibility index (Phi) is 3.75. The molecule has 0 bridgehead atoms. The molecule has 0 spiro atoms. The first-order chi connectivity index (χ1) is 11.2. The van der Waals surface area contributed by atoms with Crippen LogP contribution in [0.25, 0.3) is 21.7 Å². The number of nitrogens with zero attached hydrogens (tertiary/aromatic N) is 1. The molecule has 0 aliphatic carbocycles. The van der Waals surface area contributed by atoms with Gasteiger partial charge in [0.1, 0.15) is 0 Å². The van der Waals surface area contributed by atoms with Gasteiger partial charge in [-0.3, -0.25) is 4.98 Å². The van der Waals surface area contributed by atoms with Crippen LogP contribution in [0.3, 0.4) is 0 Å². The first-order valence-electron chi connectivity index (χ1n) is 7.66. The van der Waals surface area contributed by atoms with E-state index in [1.807, 2.05) is 42.5 Å². The van der Waals surface area contributed by atoms with E-state index in [4.69, 9.17) is 9.47 Å². The van der Waals surface area contributed by atoms with Crippen molar-refractivity contribution in [3.8, 4) is 0 Å². The van der Waals surface area contributed by atoms with Crippen molar-refractivity contribution >= 4 is 34.4 Å². The van der Waals surface area contributed by atoms with Gasteiger partial charge in [0, 0.05) is 16.3 Å². The third-order valence-electron chi connectivity index (χ3n) is 4.10. The van der Waals surface area contributed by atoms with Gasteiger partial charge in [-0.25, -0.2) is 0 Å². The van der Waals surface area contributed by atoms with E-state index in [0.717, 1.165) is 28.1 Å². The molecule has 1 aliphatic heterocycles. The molecule has 4 rings (SSSR count). The Labute approximate surface area is 133 Å². The maximum atomic E-state index is 9.59. The van der Waals surface area contributed by atoms with E-state index >= 15 is 0 Å². The zero-order chi connectivity index (χ0) is 15.8. The SMILES string of the molecule is OB(O)c1nc2ccc(C3OCCCO3)cc2c2ccccc12. The molecular weight excluding hydrogens is 293 g/mol. The Morgan fingerprint density at radius 2 is 1.70 bits per heavy atom. The molecule has 5 nitrogen and oxygen atoms in total. The van der Waals surface area contributed by atoms with E-state index < -0.39 is 7.12 Å². The predicted octanol–water partition coefficient (Wildman–Crippen LogP) is 1.50. The molecule has 2 aromatic carbocycles. The number of pyridine rings is 1.